The third kappa shape index (κ3) is 3.90. The molecule has 1 N–H and O–H groups in total. The lowest BCUT2D eigenvalue weighted by Crippen LogP contribution is -2.31. The number of rotatable bonds is 6. The number of fused-ring (bicyclic) bond motifs is 1. The van der Waals surface area contributed by atoms with E-state index in [2.05, 4.69) is 17.4 Å². The highest BCUT2D eigenvalue weighted by Gasteiger charge is 2.22. The molecule has 1 atom stereocenters. The number of amides is 1. The van der Waals surface area contributed by atoms with E-state index in [1.54, 1.807) is 21.3 Å². The van der Waals surface area contributed by atoms with Gasteiger partial charge in [-0.1, -0.05) is 18.2 Å². The smallest absolute Gasteiger partial charge is 0.224 e. The van der Waals surface area contributed by atoms with Crippen molar-refractivity contribution in [3.05, 3.63) is 47.5 Å². The minimum absolute atomic E-state index is 0.0222. The van der Waals surface area contributed by atoms with E-state index in [1.807, 2.05) is 36.0 Å². The van der Waals surface area contributed by atoms with E-state index in [4.69, 9.17) is 14.2 Å². The molecule has 6 heteroatoms. The van der Waals surface area contributed by atoms with Crippen molar-refractivity contribution in [3.8, 4) is 17.2 Å². The molecule has 2 aromatic rings. The molecule has 1 aliphatic rings. The molecule has 3 rings (SSSR count). The number of thioether (sulfide) groups is 1. The summed E-state index contributed by atoms with van der Waals surface area (Å²) in [7, 11) is 4.70. The monoisotopic (exact) mass is 373 g/mol. The first-order valence-electron chi connectivity index (χ1n) is 8.46. The SMILES string of the molecule is COc1cc(CC(=O)N[C@@H]2CCSc3ccccc32)cc(OC)c1OC. The highest BCUT2D eigenvalue weighted by molar-refractivity contribution is 7.99. The Morgan fingerprint density at radius 1 is 1.12 bits per heavy atom. The van der Waals surface area contributed by atoms with Crippen LogP contribution in [0.1, 0.15) is 23.6 Å². The molecule has 0 bridgehead atoms. The van der Waals surface area contributed by atoms with E-state index >= 15 is 0 Å². The lowest BCUT2D eigenvalue weighted by molar-refractivity contribution is -0.121. The van der Waals surface area contributed by atoms with Crippen LogP contribution < -0.4 is 19.5 Å². The van der Waals surface area contributed by atoms with Gasteiger partial charge in [0.1, 0.15) is 0 Å². The van der Waals surface area contributed by atoms with Crippen LogP contribution in [0.2, 0.25) is 0 Å². The molecule has 1 heterocycles. The third-order valence-electron chi connectivity index (χ3n) is 4.38. The lowest BCUT2D eigenvalue weighted by Gasteiger charge is -2.26. The van der Waals surface area contributed by atoms with Crippen LogP contribution in [0.5, 0.6) is 17.2 Å². The second kappa shape index (κ2) is 8.36. The number of hydrogen-bond donors (Lipinski definition) is 1. The third-order valence-corrected chi connectivity index (χ3v) is 5.51. The van der Waals surface area contributed by atoms with Gasteiger partial charge >= 0.3 is 0 Å². The Hall–Kier alpha value is -2.34. The van der Waals surface area contributed by atoms with E-state index in [0.29, 0.717) is 17.2 Å². The molecule has 1 aliphatic heterocycles. The molecule has 0 radical (unpaired) electrons. The molecule has 0 saturated carbocycles. The second-order valence-corrected chi connectivity index (χ2v) is 7.14. The van der Waals surface area contributed by atoms with Gasteiger partial charge in [-0.2, -0.15) is 0 Å². The topological polar surface area (TPSA) is 56.8 Å². The maximum Gasteiger partial charge on any atom is 0.224 e. The lowest BCUT2D eigenvalue weighted by atomic mass is 10.0. The average molecular weight is 373 g/mol. The van der Waals surface area contributed by atoms with E-state index in [-0.39, 0.29) is 18.4 Å². The van der Waals surface area contributed by atoms with Gasteiger partial charge in [0, 0.05) is 10.6 Å². The first-order valence-corrected chi connectivity index (χ1v) is 9.44. The molecule has 1 amide bonds. The molecule has 0 spiro atoms. The Bertz CT molecular complexity index is 768. The fourth-order valence-corrected chi connectivity index (χ4v) is 4.29. The molecule has 26 heavy (non-hydrogen) atoms. The zero-order chi connectivity index (χ0) is 18.5. The van der Waals surface area contributed by atoms with Crippen LogP contribution in [0.25, 0.3) is 0 Å². The number of carbonyl (C=O) groups excluding carboxylic acids is 1. The standard InChI is InChI=1S/C20H23NO4S/c1-23-16-10-13(11-17(24-2)20(16)25-3)12-19(22)21-15-8-9-26-18-7-5-4-6-14(15)18/h4-7,10-11,15H,8-9,12H2,1-3H3,(H,21,22)/t15-/m1/s1. The van der Waals surface area contributed by atoms with E-state index < -0.39 is 0 Å². The molecule has 0 fully saturated rings. The van der Waals surface area contributed by atoms with Crippen molar-refractivity contribution in [3.63, 3.8) is 0 Å². The summed E-state index contributed by atoms with van der Waals surface area (Å²) in [5.74, 6) is 2.61. The Morgan fingerprint density at radius 2 is 1.81 bits per heavy atom. The Balaban J connectivity index is 1.75. The van der Waals surface area contributed by atoms with Gasteiger partial charge in [-0.3, -0.25) is 4.79 Å². The number of carbonyl (C=O) groups is 1. The van der Waals surface area contributed by atoms with Gasteiger partial charge in [-0.05, 0) is 35.7 Å². The van der Waals surface area contributed by atoms with Crippen LogP contribution in [0.4, 0.5) is 0 Å². The number of methoxy groups -OCH3 is 3. The van der Waals surface area contributed by atoms with Gasteiger partial charge in [0.15, 0.2) is 11.5 Å². The summed E-state index contributed by atoms with van der Waals surface area (Å²) in [6, 6.07) is 11.9. The Kier molecular flexibility index (Phi) is 5.93. The largest absolute Gasteiger partial charge is 0.493 e. The molecular formula is C20H23NO4S. The summed E-state index contributed by atoms with van der Waals surface area (Å²) in [5, 5.41) is 3.16. The van der Waals surface area contributed by atoms with Crippen molar-refractivity contribution in [1.82, 2.24) is 5.32 Å². The van der Waals surface area contributed by atoms with Crippen LogP contribution in [0.3, 0.4) is 0 Å². The van der Waals surface area contributed by atoms with Gasteiger partial charge in [0.2, 0.25) is 11.7 Å². The summed E-state index contributed by atoms with van der Waals surface area (Å²) >= 11 is 1.84. The maximum absolute atomic E-state index is 12.6. The molecule has 0 saturated heterocycles. The molecule has 0 aromatic heterocycles. The Morgan fingerprint density at radius 3 is 2.46 bits per heavy atom. The van der Waals surface area contributed by atoms with Crippen molar-refractivity contribution >= 4 is 17.7 Å². The molecule has 0 unspecified atom stereocenters. The van der Waals surface area contributed by atoms with Gasteiger partial charge in [0.05, 0.1) is 33.8 Å². The first-order chi connectivity index (χ1) is 12.7. The van der Waals surface area contributed by atoms with Crippen LogP contribution in [-0.4, -0.2) is 33.0 Å². The van der Waals surface area contributed by atoms with Crippen molar-refractivity contribution in [2.75, 3.05) is 27.1 Å². The zero-order valence-corrected chi connectivity index (χ0v) is 16.0. The van der Waals surface area contributed by atoms with Crippen molar-refractivity contribution < 1.29 is 19.0 Å². The normalized spacial score (nSPS) is 15.7. The van der Waals surface area contributed by atoms with E-state index in [1.165, 1.54) is 10.5 Å². The maximum atomic E-state index is 12.6. The minimum atomic E-state index is -0.0222. The Labute approximate surface area is 158 Å². The summed E-state index contributed by atoms with van der Waals surface area (Å²) < 4.78 is 16.0. The summed E-state index contributed by atoms with van der Waals surface area (Å²) in [5.41, 5.74) is 2.01. The van der Waals surface area contributed by atoms with Crippen LogP contribution >= 0.6 is 11.8 Å². The van der Waals surface area contributed by atoms with Crippen molar-refractivity contribution in [1.29, 1.82) is 0 Å². The van der Waals surface area contributed by atoms with Crippen LogP contribution in [0.15, 0.2) is 41.3 Å². The predicted molar refractivity (Wildman–Crippen MR) is 102 cm³/mol. The van der Waals surface area contributed by atoms with Crippen LogP contribution in [-0.2, 0) is 11.2 Å². The predicted octanol–water partition coefficient (Wildman–Crippen LogP) is 3.61. The quantitative estimate of drug-likeness (QED) is 0.838. The van der Waals surface area contributed by atoms with Crippen LogP contribution in [0, 0.1) is 0 Å². The fourth-order valence-electron chi connectivity index (χ4n) is 3.16. The highest BCUT2D eigenvalue weighted by atomic mass is 32.2. The molecule has 5 nitrogen and oxygen atoms in total. The molecule has 138 valence electrons. The summed E-state index contributed by atoms with van der Waals surface area (Å²) in [6.45, 7) is 0. The molecule has 0 aliphatic carbocycles. The minimum Gasteiger partial charge on any atom is -0.493 e. The van der Waals surface area contributed by atoms with Gasteiger partial charge in [-0.15, -0.1) is 11.8 Å². The number of hydrogen-bond acceptors (Lipinski definition) is 5. The molecular weight excluding hydrogens is 350 g/mol. The average Bonchev–Trinajstić information content (AvgIpc) is 2.67. The van der Waals surface area contributed by atoms with Gasteiger partial charge < -0.3 is 19.5 Å². The fraction of sp³-hybridized carbons (Fsp3) is 0.350. The number of benzene rings is 2. The van der Waals surface area contributed by atoms with Gasteiger partial charge in [-0.25, -0.2) is 0 Å². The summed E-state index contributed by atoms with van der Waals surface area (Å²) in [4.78, 5) is 13.9. The van der Waals surface area contributed by atoms with Crippen molar-refractivity contribution in [2.45, 2.75) is 23.8 Å². The van der Waals surface area contributed by atoms with E-state index in [0.717, 1.165) is 17.7 Å². The first kappa shape index (κ1) is 18.5. The zero-order valence-electron chi connectivity index (χ0n) is 15.2. The number of nitrogens with one attached hydrogen (secondary N) is 1. The second-order valence-electron chi connectivity index (χ2n) is 6.01. The van der Waals surface area contributed by atoms with Crippen molar-refractivity contribution in [2.24, 2.45) is 0 Å². The number of ether oxygens (including phenoxy) is 3. The van der Waals surface area contributed by atoms with E-state index in [9.17, 15) is 4.79 Å². The highest BCUT2D eigenvalue weighted by Crippen LogP contribution is 2.39. The summed E-state index contributed by atoms with van der Waals surface area (Å²) in [6.07, 6.45) is 1.19. The van der Waals surface area contributed by atoms with Gasteiger partial charge in [0.25, 0.3) is 0 Å². The molecule has 2 aromatic carbocycles.